The third kappa shape index (κ3) is 3.96. The molecule has 144 valence electrons. The van der Waals surface area contributed by atoms with E-state index in [-0.39, 0.29) is 37.0 Å². The number of alkyl halides is 1. The lowest BCUT2D eigenvalue weighted by Gasteiger charge is -2.34. The second-order valence-corrected chi connectivity index (χ2v) is 7.78. The Labute approximate surface area is 167 Å². The van der Waals surface area contributed by atoms with Crippen LogP contribution in [0.25, 0.3) is 0 Å². The van der Waals surface area contributed by atoms with Crippen molar-refractivity contribution in [1.29, 1.82) is 0 Å². The second kappa shape index (κ2) is 8.13. The molecule has 0 fully saturated rings. The molecule has 7 heteroatoms. The number of halogens is 3. The van der Waals surface area contributed by atoms with Crippen LogP contribution >= 0.6 is 23.2 Å². The fraction of sp³-hybridized carbons (Fsp3) is 0.400. The predicted octanol–water partition coefficient (Wildman–Crippen LogP) is 4.34. The molecule has 0 saturated carbocycles. The molecule has 1 unspecified atom stereocenters. The number of aromatic nitrogens is 1. The van der Waals surface area contributed by atoms with Crippen molar-refractivity contribution < 1.29 is 14.3 Å². The van der Waals surface area contributed by atoms with Gasteiger partial charge in [0.05, 0.1) is 12.3 Å². The first kappa shape index (κ1) is 20.1. The van der Waals surface area contributed by atoms with Crippen LogP contribution < -0.4 is 5.32 Å². The average molecular weight is 411 g/mol. The van der Waals surface area contributed by atoms with Crippen molar-refractivity contribution in [3.8, 4) is 0 Å². The molecule has 0 spiro atoms. The van der Waals surface area contributed by atoms with Gasteiger partial charge in [0.2, 0.25) is 5.67 Å². The number of hydrogen-bond acceptors (Lipinski definition) is 3. The Morgan fingerprint density at radius 1 is 1.44 bits per heavy atom. The Kier molecular flexibility index (Phi) is 6.04. The zero-order valence-corrected chi connectivity index (χ0v) is 16.4. The third-order valence-electron chi connectivity index (χ3n) is 5.13. The number of aliphatic hydroxyl groups excluding tert-OH is 1. The summed E-state index contributed by atoms with van der Waals surface area (Å²) >= 11 is 12.1. The van der Waals surface area contributed by atoms with Crippen LogP contribution in [-0.2, 0) is 10.5 Å². The highest BCUT2D eigenvalue weighted by Gasteiger charge is 2.46. The molecule has 2 N–H and O–H groups in total. The van der Waals surface area contributed by atoms with E-state index in [4.69, 9.17) is 23.2 Å². The van der Waals surface area contributed by atoms with Gasteiger partial charge in [-0.15, -0.1) is 0 Å². The zero-order valence-electron chi connectivity index (χ0n) is 14.9. The molecule has 1 aromatic heterocycles. The van der Waals surface area contributed by atoms with Crippen LogP contribution in [-0.4, -0.2) is 29.1 Å². The second-order valence-electron chi connectivity index (χ2n) is 6.93. The summed E-state index contributed by atoms with van der Waals surface area (Å²) in [5.41, 5.74) is -0.623. The van der Waals surface area contributed by atoms with Crippen molar-refractivity contribution >= 4 is 29.1 Å². The summed E-state index contributed by atoms with van der Waals surface area (Å²) in [5, 5.41) is 13.3. The van der Waals surface area contributed by atoms with Crippen molar-refractivity contribution in [2.75, 3.05) is 13.2 Å². The van der Waals surface area contributed by atoms with Gasteiger partial charge >= 0.3 is 0 Å². The molecule has 1 aliphatic rings. The van der Waals surface area contributed by atoms with E-state index in [1.54, 1.807) is 36.5 Å². The Hall–Kier alpha value is -1.69. The maximum Gasteiger partial charge on any atom is 0.262 e. The number of benzene rings is 1. The minimum absolute atomic E-state index is 0.0127. The third-order valence-corrected chi connectivity index (χ3v) is 5.69. The Morgan fingerprint density at radius 2 is 2.22 bits per heavy atom. The molecule has 1 heterocycles. The summed E-state index contributed by atoms with van der Waals surface area (Å²) in [6.45, 7) is 2.02. The summed E-state index contributed by atoms with van der Waals surface area (Å²) in [4.78, 5) is 16.9. The molecule has 0 bridgehead atoms. The number of carbonyl (C=O) groups excluding carboxylic acids is 1. The molecule has 0 aliphatic heterocycles. The molecule has 4 nitrogen and oxygen atoms in total. The zero-order chi connectivity index (χ0) is 19.6. The summed E-state index contributed by atoms with van der Waals surface area (Å²) in [5.74, 6) is -1.04. The van der Waals surface area contributed by atoms with Gasteiger partial charge < -0.3 is 10.4 Å². The maximum absolute atomic E-state index is 15.7. The first-order valence-electron chi connectivity index (χ1n) is 8.85. The van der Waals surface area contributed by atoms with Crippen LogP contribution in [0.3, 0.4) is 0 Å². The summed E-state index contributed by atoms with van der Waals surface area (Å²) in [6, 6.07) is 8.36. The lowest BCUT2D eigenvalue weighted by atomic mass is 9.77. The minimum Gasteiger partial charge on any atom is -0.396 e. The van der Waals surface area contributed by atoms with Gasteiger partial charge in [-0.2, -0.15) is 0 Å². The van der Waals surface area contributed by atoms with Gasteiger partial charge in [0.15, 0.2) is 0 Å². The first-order chi connectivity index (χ1) is 12.9. The number of nitrogens with zero attached hydrogens (tertiary/aromatic N) is 1. The molecule has 0 saturated heterocycles. The SMILES string of the molecule is CC(CNC(=O)[C@]1(F)CC[C@@H](CO)c2ncccc21)c1ccc(Cl)cc1Cl. The van der Waals surface area contributed by atoms with Crippen molar-refractivity contribution in [3.05, 3.63) is 63.4 Å². The smallest absolute Gasteiger partial charge is 0.262 e. The molecule has 1 aromatic carbocycles. The van der Waals surface area contributed by atoms with Crippen molar-refractivity contribution in [2.45, 2.75) is 37.3 Å². The van der Waals surface area contributed by atoms with Gasteiger partial charge in [0, 0.05) is 34.3 Å². The summed E-state index contributed by atoms with van der Waals surface area (Å²) in [7, 11) is 0. The molecular weight excluding hydrogens is 390 g/mol. The molecular formula is C20H21Cl2FN2O2. The lowest BCUT2D eigenvalue weighted by molar-refractivity contribution is -0.135. The van der Waals surface area contributed by atoms with Gasteiger partial charge in [0.1, 0.15) is 0 Å². The molecule has 0 radical (unpaired) electrons. The van der Waals surface area contributed by atoms with Gasteiger partial charge in [-0.3, -0.25) is 9.78 Å². The number of pyridine rings is 1. The van der Waals surface area contributed by atoms with Gasteiger partial charge in [-0.05, 0) is 42.5 Å². The molecule has 2 aromatic rings. The first-order valence-corrected chi connectivity index (χ1v) is 9.60. The lowest BCUT2D eigenvalue weighted by Crippen LogP contribution is -2.45. The normalized spacial score (nSPS) is 22.8. The molecule has 27 heavy (non-hydrogen) atoms. The van der Waals surface area contributed by atoms with Crippen LogP contribution in [0.15, 0.2) is 36.5 Å². The van der Waals surface area contributed by atoms with Crippen LogP contribution in [0, 0.1) is 0 Å². The topological polar surface area (TPSA) is 62.2 Å². The van der Waals surface area contributed by atoms with Crippen LogP contribution in [0.2, 0.25) is 10.0 Å². The monoisotopic (exact) mass is 410 g/mol. The maximum atomic E-state index is 15.7. The predicted molar refractivity (Wildman–Crippen MR) is 104 cm³/mol. The molecule has 3 atom stereocenters. The number of nitrogens with one attached hydrogen (secondary N) is 1. The quantitative estimate of drug-likeness (QED) is 0.770. The molecule has 1 amide bonds. The van der Waals surface area contributed by atoms with E-state index in [1.165, 1.54) is 0 Å². The number of fused-ring (bicyclic) bond motifs is 1. The highest BCUT2D eigenvalue weighted by Crippen LogP contribution is 2.43. The standard InChI is InChI=1S/C20H21Cl2FN2O2/c1-12(15-5-4-14(21)9-17(15)22)10-25-19(27)20(23)7-6-13(11-26)18-16(20)3-2-8-24-18/h2-5,8-9,12-13,26H,6-7,10-11H2,1H3,(H,25,27)/t12?,13-,20-/m0/s1. The largest absolute Gasteiger partial charge is 0.396 e. The van der Waals surface area contributed by atoms with Crippen molar-refractivity contribution in [3.63, 3.8) is 0 Å². The van der Waals surface area contributed by atoms with E-state index < -0.39 is 11.6 Å². The van der Waals surface area contributed by atoms with Crippen LogP contribution in [0.4, 0.5) is 4.39 Å². The number of amides is 1. The van der Waals surface area contributed by atoms with E-state index in [0.717, 1.165) is 5.56 Å². The number of rotatable bonds is 5. The Morgan fingerprint density at radius 3 is 2.93 bits per heavy atom. The van der Waals surface area contributed by atoms with E-state index >= 15 is 4.39 Å². The molecule has 3 rings (SSSR count). The van der Waals surface area contributed by atoms with Gasteiger partial charge in [-0.1, -0.05) is 42.3 Å². The van der Waals surface area contributed by atoms with E-state index in [1.807, 2.05) is 6.92 Å². The highest BCUT2D eigenvalue weighted by molar-refractivity contribution is 6.35. The van der Waals surface area contributed by atoms with E-state index in [0.29, 0.717) is 22.2 Å². The van der Waals surface area contributed by atoms with Gasteiger partial charge in [0.25, 0.3) is 5.91 Å². The van der Waals surface area contributed by atoms with Crippen LogP contribution in [0.1, 0.15) is 48.4 Å². The number of aliphatic hydroxyl groups is 1. The number of hydrogen-bond donors (Lipinski definition) is 2. The van der Waals surface area contributed by atoms with Crippen molar-refractivity contribution in [2.24, 2.45) is 0 Å². The molecule has 1 aliphatic carbocycles. The Balaban J connectivity index is 1.76. The van der Waals surface area contributed by atoms with E-state index in [9.17, 15) is 9.90 Å². The average Bonchev–Trinajstić information content (AvgIpc) is 2.66. The van der Waals surface area contributed by atoms with E-state index in [2.05, 4.69) is 10.3 Å². The fourth-order valence-electron chi connectivity index (χ4n) is 3.53. The van der Waals surface area contributed by atoms with Crippen molar-refractivity contribution in [1.82, 2.24) is 10.3 Å². The summed E-state index contributed by atoms with van der Waals surface area (Å²) in [6.07, 6.45) is 1.93. The van der Waals surface area contributed by atoms with Crippen LogP contribution in [0.5, 0.6) is 0 Å². The summed E-state index contributed by atoms with van der Waals surface area (Å²) < 4.78 is 15.7. The number of carbonyl (C=O) groups is 1. The Bertz CT molecular complexity index is 848. The fourth-order valence-corrected chi connectivity index (χ4v) is 4.13. The van der Waals surface area contributed by atoms with Gasteiger partial charge in [-0.25, -0.2) is 4.39 Å². The minimum atomic E-state index is -2.15. The highest BCUT2D eigenvalue weighted by atomic mass is 35.5.